The smallest absolute Gasteiger partial charge is 0.436 e. The lowest BCUT2D eigenvalue weighted by atomic mass is 10.8. The number of amides is 1. The fourth-order valence-electron chi connectivity index (χ4n) is 0.289. The Hall–Kier alpha value is 2.00. The van der Waals surface area contributed by atoms with E-state index in [9.17, 15) is 4.79 Å². The molecule has 0 aliphatic carbocycles. The number of aliphatic imine (C=N–C) groups is 1. The Bertz CT molecular complexity index is 242. The summed E-state index contributed by atoms with van der Waals surface area (Å²) in [6.07, 6.45) is -0.793. The van der Waals surface area contributed by atoms with Gasteiger partial charge in [0, 0.05) is 22.6 Å². The van der Waals surface area contributed by atoms with E-state index in [1.54, 1.807) is 1.33 Å². The Morgan fingerprint density at radius 2 is 1.93 bits per heavy atom. The van der Waals surface area contributed by atoms with Crippen LogP contribution < -0.4 is 0 Å². The second-order valence-electron chi connectivity index (χ2n) is 1.78. The molecule has 0 spiro atoms. The molecule has 14 heavy (non-hydrogen) atoms. The molecule has 1 amide bonds. The molecule has 0 aromatic heterocycles. The van der Waals surface area contributed by atoms with Crippen LogP contribution >= 0.6 is 103 Å². The van der Waals surface area contributed by atoms with E-state index in [-0.39, 0.29) is 6.61 Å². The molecule has 0 radical (unpaired) electrons. The Kier molecular flexibility index (Phi) is 8.40. The Morgan fingerprint density at radius 3 is 2.29 bits per heavy atom. The number of alkyl halides is 3. The summed E-state index contributed by atoms with van der Waals surface area (Å²) in [6, 6.07) is 0. The molecule has 0 bridgehead atoms. The van der Waals surface area contributed by atoms with Gasteiger partial charge in [0.15, 0.2) is 3.84 Å². The third-order valence-electron chi connectivity index (χ3n) is 0.682. The summed E-state index contributed by atoms with van der Waals surface area (Å²) < 4.78 is 5.01. The van der Waals surface area contributed by atoms with Crippen LogP contribution in [0.3, 0.4) is 0 Å². The average Bonchev–Trinajstić information content (AvgIpc) is 1.99. The summed E-state index contributed by atoms with van der Waals surface area (Å²) >= 11 is 21.9. The number of amidine groups is 1. The van der Waals surface area contributed by atoms with Gasteiger partial charge in [-0.1, -0.05) is 34.8 Å². The Morgan fingerprint density at radius 1 is 1.43 bits per heavy atom. The number of ether oxygens (including phenoxy) is 1. The fraction of sp³-hybridized carbons (Fsp3) is 0.500. The summed E-state index contributed by atoms with van der Waals surface area (Å²) in [5.74, 6) is 0. The molecule has 0 aromatic carbocycles. The molecule has 0 saturated carbocycles. The molecule has 0 unspecified atom stereocenters. The van der Waals surface area contributed by atoms with E-state index in [2.05, 4.69) is 9.73 Å². The highest BCUT2D eigenvalue weighted by Gasteiger charge is 2.22. The molecule has 0 N–H and O–H groups in total. The van der Waals surface area contributed by atoms with Crippen LogP contribution in [-0.4, -0.2) is 21.7 Å². The highest BCUT2D eigenvalue weighted by Crippen LogP contribution is 2.26. The number of carbonyl (C=O) groups is 1. The molecular weight excluding hydrogens is 595 g/mol. The van der Waals surface area contributed by atoms with E-state index < -0.39 is 9.89 Å². The van der Waals surface area contributed by atoms with Gasteiger partial charge in [-0.25, -0.2) is 6.12 Å². The molecule has 0 aromatic rings. The summed E-state index contributed by atoms with van der Waals surface area (Å²) in [7, 11) is 0. The van der Waals surface area contributed by atoms with Crippen molar-refractivity contribution in [3.63, 3.8) is 0 Å². The van der Waals surface area contributed by atoms with Gasteiger partial charge in [-0.05, 0) is 0 Å². The molecule has 0 rings (SSSR count). The lowest BCUT2D eigenvalue weighted by molar-refractivity contribution is 0.159. The van der Waals surface area contributed by atoms with Crippen molar-refractivity contribution in [1.29, 1.82) is 0 Å². The predicted molar refractivity (Wildman–Crippen MR) is 83.0 cm³/mol. The third-order valence-corrected chi connectivity index (χ3v) is 4.49. The van der Waals surface area contributed by atoms with Crippen LogP contribution in [0.1, 0.15) is 0 Å². The largest absolute Gasteiger partial charge is 0.443 e. The molecule has 4 nitrogen and oxygen atoms in total. The van der Waals surface area contributed by atoms with E-state index in [0.717, 1.165) is 0 Å². The van der Waals surface area contributed by atoms with Crippen LogP contribution in [-0.2, 0) is 4.74 Å². The average molecular weight is 597 g/mol. The third kappa shape index (κ3) is 9.24. The summed E-state index contributed by atoms with van der Waals surface area (Å²) in [6.45, 7) is -0.327. The van der Waals surface area contributed by atoms with Gasteiger partial charge in [-0.2, -0.15) is 4.99 Å². The van der Waals surface area contributed by atoms with Gasteiger partial charge in [-0.3, -0.25) is 0 Å². The minimum atomic E-state index is -1.61. The number of rotatable bonds is 1. The van der Waals surface area contributed by atoms with Gasteiger partial charge in [0.25, 0.3) is 0 Å². The fourth-order valence-corrected chi connectivity index (χ4v) is 0.865. The zero-order chi connectivity index (χ0) is 11.4. The lowest BCUT2D eigenvalue weighted by Gasteiger charge is -2.09. The van der Waals surface area contributed by atoms with Gasteiger partial charge in [0.1, 0.15) is 6.61 Å². The molecule has 0 saturated heterocycles. The highest BCUT2D eigenvalue weighted by molar-refractivity contribution is 14.2. The van der Waals surface area contributed by atoms with Crippen molar-refractivity contribution in [3.05, 3.63) is 0 Å². The Labute approximate surface area is 137 Å². The molecule has 0 aliphatic heterocycles. The first-order chi connectivity index (χ1) is 6.22. The number of hydrogen-bond acceptors (Lipinski definition) is 2. The SMILES string of the molecule is O=C(/N=C(/I)N(I)I)OCC(Cl)(Cl)Cl. The van der Waals surface area contributed by atoms with Crippen LogP contribution in [0.5, 0.6) is 0 Å². The van der Waals surface area contributed by atoms with Crippen molar-refractivity contribution in [3.8, 4) is 0 Å². The Balaban J connectivity index is 4.06. The first-order valence-electron chi connectivity index (χ1n) is 2.82. The first kappa shape index (κ1) is 16.0. The maximum Gasteiger partial charge on any atom is 0.436 e. The van der Waals surface area contributed by atoms with Gasteiger partial charge in [0.05, 0.1) is 45.7 Å². The summed E-state index contributed by atoms with van der Waals surface area (Å²) in [4.78, 5) is 14.5. The second kappa shape index (κ2) is 7.35. The van der Waals surface area contributed by atoms with Crippen LogP contribution in [0.25, 0.3) is 0 Å². The van der Waals surface area contributed by atoms with Gasteiger partial charge in [-0.15, -0.1) is 0 Å². The second-order valence-corrected chi connectivity index (χ2v) is 9.04. The van der Waals surface area contributed by atoms with Crippen molar-refractivity contribution < 1.29 is 9.53 Å². The van der Waals surface area contributed by atoms with Crippen molar-refractivity contribution in [2.45, 2.75) is 3.79 Å². The van der Waals surface area contributed by atoms with Gasteiger partial charge in [0.2, 0.25) is 3.79 Å². The molecule has 0 aliphatic rings. The zero-order valence-electron chi connectivity index (χ0n) is 6.19. The number of halogens is 6. The van der Waals surface area contributed by atoms with Crippen LogP contribution in [0.2, 0.25) is 0 Å². The first-order valence-corrected chi connectivity index (χ1v) is 6.96. The molecule has 0 atom stereocenters. The maximum absolute atomic E-state index is 11.0. The van der Waals surface area contributed by atoms with Crippen molar-refractivity contribution >= 4 is 113 Å². The van der Waals surface area contributed by atoms with Crippen molar-refractivity contribution in [2.75, 3.05) is 6.61 Å². The number of hydrogen-bond donors (Lipinski definition) is 0. The van der Waals surface area contributed by atoms with Crippen molar-refractivity contribution in [2.24, 2.45) is 4.99 Å². The number of carbonyl (C=O) groups excluding carboxylic acids is 1. The normalized spacial score (nSPS) is 12.6. The molecule has 82 valence electrons. The zero-order valence-corrected chi connectivity index (χ0v) is 14.9. The summed E-state index contributed by atoms with van der Waals surface area (Å²) in [5, 5.41) is 0. The highest BCUT2D eigenvalue weighted by atomic mass is 127. The molecule has 10 heteroatoms. The molecule has 0 heterocycles. The quantitative estimate of drug-likeness (QED) is 0.113. The maximum atomic E-state index is 11.0. The van der Waals surface area contributed by atoms with Crippen LogP contribution in [0, 0.1) is 0 Å². The van der Waals surface area contributed by atoms with E-state index in [1.807, 2.05) is 68.3 Å². The molecular formula is C4H2Cl3I3N2O2. The van der Waals surface area contributed by atoms with Crippen molar-refractivity contribution in [1.82, 2.24) is 1.33 Å². The predicted octanol–water partition coefficient (Wildman–Crippen LogP) is 4.29. The van der Waals surface area contributed by atoms with E-state index in [1.165, 1.54) is 0 Å². The van der Waals surface area contributed by atoms with Crippen LogP contribution in [0.15, 0.2) is 4.99 Å². The van der Waals surface area contributed by atoms with E-state index >= 15 is 0 Å². The minimum Gasteiger partial charge on any atom is -0.443 e. The monoisotopic (exact) mass is 596 g/mol. The number of nitrogens with zero attached hydrogens (tertiary/aromatic N) is 2. The van der Waals surface area contributed by atoms with Crippen LogP contribution in [0.4, 0.5) is 4.79 Å². The standard InChI is InChI=1S/C4H2Cl3I3N2O2/c5-4(6,7)1-14-3(13)11-2(8)12(9)10/h1H2/b11-2-. The summed E-state index contributed by atoms with van der Waals surface area (Å²) in [5.41, 5.74) is 0. The lowest BCUT2D eigenvalue weighted by Crippen LogP contribution is -2.16. The van der Waals surface area contributed by atoms with Gasteiger partial charge < -0.3 is 4.74 Å². The molecule has 0 fully saturated rings. The topological polar surface area (TPSA) is 41.9 Å². The van der Waals surface area contributed by atoms with E-state index in [4.69, 9.17) is 34.8 Å². The van der Waals surface area contributed by atoms with E-state index in [0.29, 0.717) is 3.84 Å². The van der Waals surface area contributed by atoms with Gasteiger partial charge >= 0.3 is 6.09 Å². The minimum absolute atomic E-state index is 0.327.